The highest BCUT2D eigenvalue weighted by Crippen LogP contribution is 2.19. The molecule has 7 nitrogen and oxygen atoms in total. The zero-order valence-electron chi connectivity index (χ0n) is 11.7. The molecule has 0 spiro atoms. The number of rotatable bonds is 5. The van der Waals surface area contributed by atoms with Gasteiger partial charge in [-0.2, -0.15) is 4.98 Å². The van der Waals surface area contributed by atoms with Crippen molar-refractivity contribution in [2.45, 2.75) is 51.5 Å². The normalized spacial score (nSPS) is 18.8. The third-order valence-corrected chi connectivity index (χ3v) is 3.41. The van der Waals surface area contributed by atoms with Crippen molar-refractivity contribution in [2.24, 2.45) is 0 Å². The summed E-state index contributed by atoms with van der Waals surface area (Å²) in [5, 5.41) is 12.9. The maximum absolute atomic E-state index is 12.0. The molecule has 1 unspecified atom stereocenters. The van der Waals surface area contributed by atoms with Crippen molar-refractivity contribution in [3.63, 3.8) is 0 Å². The smallest absolute Gasteiger partial charge is 0.326 e. The molecule has 1 amide bonds. The van der Waals surface area contributed by atoms with Gasteiger partial charge in [-0.1, -0.05) is 19.0 Å². The molecule has 2 heterocycles. The highest BCUT2D eigenvalue weighted by molar-refractivity contribution is 5.84. The van der Waals surface area contributed by atoms with Gasteiger partial charge in [0.2, 0.25) is 11.8 Å². The topological polar surface area (TPSA) is 96.5 Å². The van der Waals surface area contributed by atoms with Crippen molar-refractivity contribution in [1.82, 2.24) is 15.0 Å². The molecule has 0 aliphatic carbocycles. The zero-order chi connectivity index (χ0) is 14.7. The van der Waals surface area contributed by atoms with Crippen LogP contribution in [-0.2, 0) is 16.0 Å². The minimum Gasteiger partial charge on any atom is -0.480 e. The first kappa shape index (κ1) is 14.5. The number of aliphatic carboxylic acids is 1. The third-order valence-electron chi connectivity index (χ3n) is 3.41. The molecule has 20 heavy (non-hydrogen) atoms. The SMILES string of the molecule is CC(C)c1noc(CCC(=O)N2CCCC2C(=O)O)n1. The number of carboxylic acid groups (broad SMARTS) is 1. The minimum atomic E-state index is -0.935. The summed E-state index contributed by atoms with van der Waals surface area (Å²) < 4.78 is 5.07. The first-order chi connectivity index (χ1) is 9.49. The second-order valence-corrected chi connectivity index (χ2v) is 5.28. The van der Waals surface area contributed by atoms with E-state index >= 15 is 0 Å². The van der Waals surface area contributed by atoms with Crippen molar-refractivity contribution < 1.29 is 19.2 Å². The molecule has 1 aromatic rings. The molecule has 1 aliphatic heterocycles. The molecular weight excluding hydrogens is 262 g/mol. The van der Waals surface area contributed by atoms with Crippen LogP contribution in [0.3, 0.4) is 0 Å². The fourth-order valence-corrected chi connectivity index (χ4v) is 2.28. The van der Waals surface area contributed by atoms with Crippen molar-refractivity contribution in [1.29, 1.82) is 0 Å². The fourth-order valence-electron chi connectivity index (χ4n) is 2.28. The van der Waals surface area contributed by atoms with E-state index in [1.807, 2.05) is 13.8 Å². The molecule has 0 radical (unpaired) electrons. The number of carboxylic acids is 1. The van der Waals surface area contributed by atoms with Crippen molar-refractivity contribution in [2.75, 3.05) is 6.54 Å². The van der Waals surface area contributed by atoms with Crippen LogP contribution in [0.4, 0.5) is 0 Å². The summed E-state index contributed by atoms with van der Waals surface area (Å²) in [4.78, 5) is 28.7. The Balaban J connectivity index is 1.89. The Kier molecular flexibility index (Phi) is 4.36. The summed E-state index contributed by atoms with van der Waals surface area (Å²) in [6.07, 6.45) is 1.81. The highest BCUT2D eigenvalue weighted by Gasteiger charge is 2.33. The maximum Gasteiger partial charge on any atom is 0.326 e. The first-order valence-electron chi connectivity index (χ1n) is 6.83. The van der Waals surface area contributed by atoms with Crippen molar-refractivity contribution >= 4 is 11.9 Å². The van der Waals surface area contributed by atoms with Gasteiger partial charge in [-0.3, -0.25) is 4.79 Å². The van der Waals surface area contributed by atoms with E-state index in [0.29, 0.717) is 31.1 Å². The number of likely N-dealkylation sites (tertiary alicyclic amines) is 1. The Morgan fingerprint density at radius 2 is 2.25 bits per heavy atom. The van der Waals surface area contributed by atoms with Gasteiger partial charge in [0.25, 0.3) is 0 Å². The van der Waals surface area contributed by atoms with E-state index in [1.54, 1.807) is 0 Å². The van der Waals surface area contributed by atoms with Gasteiger partial charge in [0, 0.05) is 25.3 Å². The standard InChI is InChI=1S/C13H19N3O4/c1-8(2)12-14-10(20-15-12)5-6-11(17)16-7-3-4-9(16)13(18)19/h8-9H,3-7H2,1-2H3,(H,18,19). The van der Waals surface area contributed by atoms with Crippen LogP contribution in [0, 0.1) is 0 Å². The van der Waals surface area contributed by atoms with Crippen LogP contribution in [-0.4, -0.2) is 44.6 Å². The lowest BCUT2D eigenvalue weighted by Crippen LogP contribution is -2.40. The monoisotopic (exact) mass is 281 g/mol. The zero-order valence-corrected chi connectivity index (χ0v) is 11.7. The number of hydrogen-bond acceptors (Lipinski definition) is 5. The Labute approximate surface area is 117 Å². The van der Waals surface area contributed by atoms with E-state index in [9.17, 15) is 9.59 Å². The second-order valence-electron chi connectivity index (χ2n) is 5.28. The number of aryl methyl sites for hydroxylation is 1. The predicted molar refractivity (Wildman–Crippen MR) is 69.1 cm³/mol. The summed E-state index contributed by atoms with van der Waals surface area (Å²) in [5.41, 5.74) is 0. The largest absolute Gasteiger partial charge is 0.480 e. The van der Waals surface area contributed by atoms with Gasteiger partial charge in [0.05, 0.1) is 0 Å². The highest BCUT2D eigenvalue weighted by atomic mass is 16.5. The van der Waals surface area contributed by atoms with Crippen LogP contribution in [0.25, 0.3) is 0 Å². The van der Waals surface area contributed by atoms with E-state index in [4.69, 9.17) is 9.63 Å². The summed E-state index contributed by atoms with van der Waals surface area (Å²) >= 11 is 0. The average Bonchev–Trinajstić information content (AvgIpc) is 3.04. The number of carbonyl (C=O) groups excluding carboxylic acids is 1. The molecule has 1 saturated heterocycles. The third kappa shape index (κ3) is 3.15. The lowest BCUT2D eigenvalue weighted by Gasteiger charge is -2.20. The summed E-state index contributed by atoms with van der Waals surface area (Å²) in [6, 6.07) is -0.684. The van der Waals surface area contributed by atoms with Gasteiger partial charge in [-0.15, -0.1) is 0 Å². The Bertz CT molecular complexity index is 498. The molecule has 1 fully saturated rings. The van der Waals surface area contributed by atoms with Gasteiger partial charge >= 0.3 is 5.97 Å². The van der Waals surface area contributed by atoms with Crippen LogP contribution < -0.4 is 0 Å². The predicted octanol–water partition coefficient (Wildman–Crippen LogP) is 1.20. The minimum absolute atomic E-state index is 0.167. The molecule has 1 aromatic heterocycles. The van der Waals surface area contributed by atoms with Gasteiger partial charge in [0.1, 0.15) is 6.04 Å². The Hall–Kier alpha value is -1.92. The quantitative estimate of drug-likeness (QED) is 0.871. The van der Waals surface area contributed by atoms with Crippen molar-refractivity contribution in [3.05, 3.63) is 11.7 Å². The van der Waals surface area contributed by atoms with Gasteiger partial charge < -0.3 is 14.5 Å². The number of aromatic nitrogens is 2. The molecule has 7 heteroatoms. The molecule has 1 aliphatic rings. The molecule has 0 saturated carbocycles. The summed E-state index contributed by atoms with van der Waals surface area (Å²) in [6.45, 7) is 4.43. The van der Waals surface area contributed by atoms with Gasteiger partial charge in [-0.25, -0.2) is 4.79 Å². The van der Waals surface area contributed by atoms with Crippen LogP contribution in [0.2, 0.25) is 0 Å². The molecular formula is C13H19N3O4. The van der Waals surface area contributed by atoms with Gasteiger partial charge in [-0.05, 0) is 12.8 Å². The fraction of sp³-hybridized carbons (Fsp3) is 0.692. The van der Waals surface area contributed by atoms with Crippen LogP contribution in [0.15, 0.2) is 4.52 Å². The van der Waals surface area contributed by atoms with E-state index in [0.717, 1.165) is 6.42 Å². The van der Waals surface area contributed by atoms with E-state index in [-0.39, 0.29) is 18.2 Å². The van der Waals surface area contributed by atoms with Crippen molar-refractivity contribution in [3.8, 4) is 0 Å². The van der Waals surface area contributed by atoms with Crippen LogP contribution in [0.1, 0.15) is 50.7 Å². The number of amides is 1. The second kappa shape index (κ2) is 6.02. The van der Waals surface area contributed by atoms with Crippen LogP contribution >= 0.6 is 0 Å². The summed E-state index contributed by atoms with van der Waals surface area (Å²) in [5.74, 6) is 0.123. The molecule has 1 N–H and O–H groups in total. The summed E-state index contributed by atoms with van der Waals surface area (Å²) in [7, 11) is 0. The lowest BCUT2D eigenvalue weighted by molar-refractivity contribution is -0.148. The molecule has 0 aromatic carbocycles. The van der Waals surface area contributed by atoms with E-state index < -0.39 is 12.0 Å². The molecule has 0 bridgehead atoms. The number of carbonyl (C=O) groups is 2. The molecule has 1 atom stereocenters. The first-order valence-corrected chi connectivity index (χ1v) is 6.83. The number of hydrogen-bond donors (Lipinski definition) is 1. The molecule has 110 valence electrons. The van der Waals surface area contributed by atoms with Gasteiger partial charge in [0.15, 0.2) is 5.82 Å². The number of nitrogens with zero attached hydrogens (tertiary/aromatic N) is 3. The molecule has 2 rings (SSSR count). The Morgan fingerprint density at radius 1 is 1.50 bits per heavy atom. The maximum atomic E-state index is 12.0. The van der Waals surface area contributed by atoms with E-state index in [1.165, 1.54) is 4.90 Å². The Morgan fingerprint density at radius 3 is 2.85 bits per heavy atom. The van der Waals surface area contributed by atoms with Crippen LogP contribution in [0.5, 0.6) is 0 Å². The average molecular weight is 281 g/mol. The van der Waals surface area contributed by atoms with E-state index in [2.05, 4.69) is 10.1 Å². The lowest BCUT2D eigenvalue weighted by atomic mass is 10.2.